The second kappa shape index (κ2) is 7.24. The molecular formula is C15H20INO2. The lowest BCUT2D eigenvalue weighted by Gasteiger charge is -2.30. The Kier molecular flexibility index (Phi) is 5.63. The van der Waals surface area contributed by atoms with Gasteiger partial charge < -0.3 is 10.4 Å². The van der Waals surface area contributed by atoms with E-state index in [9.17, 15) is 9.90 Å². The van der Waals surface area contributed by atoms with Crippen molar-refractivity contribution in [1.29, 1.82) is 0 Å². The minimum atomic E-state index is -0.00716. The molecule has 2 rings (SSSR count). The number of carbonyl (C=O) groups excluding carboxylic acids is 1. The lowest BCUT2D eigenvalue weighted by atomic mass is 9.79. The second-order valence-electron chi connectivity index (χ2n) is 5.18. The number of aliphatic hydroxyl groups is 1. The van der Waals surface area contributed by atoms with Crippen LogP contribution in [0.4, 0.5) is 0 Å². The maximum absolute atomic E-state index is 12.1. The quantitative estimate of drug-likeness (QED) is 0.798. The Morgan fingerprint density at radius 3 is 2.63 bits per heavy atom. The summed E-state index contributed by atoms with van der Waals surface area (Å²) < 4.78 is 0.972. The molecule has 2 atom stereocenters. The van der Waals surface area contributed by atoms with E-state index in [-0.39, 0.29) is 12.5 Å². The molecule has 1 aromatic rings. The van der Waals surface area contributed by atoms with E-state index in [1.165, 1.54) is 12.8 Å². The van der Waals surface area contributed by atoms with Crippen LogP contribution in [0.5, 0.6) is 0 Å². The van der Waals surface area contributed by atoms with Gasteiger partial charge in [0.1, 0.15) is 0 Å². The van der Waals surface area contributed by atoms with Gasteiger partial charge in [-0.1, -0.05) is 25.0 Å². The fourth-order valence-electron chi connectivity index (χ4n) is 2.76. The van der Waals surface area contributed by atoms with Crippen molar-refractivity contribution in [3.8, 4) is 0 Å². The molecule has 4 heteroatoms. The van der Waals surface area contributed by atoms with Crippen molar-refractivity contribution in [3.63, 3.8) is 0 Å². The molecule has 0 spiro atoms. The third-order valence-electron chi connectivity index (χ3n) is 3.94. The summed E-state index contributed by atoms with van der Waals surface area (Å²) >= 11 is 2.18. The van der Waals surface area contributed by atoms with E-state index < -0.39 is 0 Å². The number of carbonyl (C=O) groups is 1. The molecule has 0 bridgehead atoms. The Balaban J connectivity index is 1.91. The van der Waals surface area contributed by atoms with Crippen LogP contribution >= 0.6 is 22.6 Å². The van der Waals surface area contributed by atoms with Crippen molar-refractivity contribution in [1.82, 2.24) is 5.32 Å². The summed E-state index contributed by atoms with van der Waals surface area (Å²) in [5, 5.41) is 12.4. The lowest BCUT2D eigenvalue weighted by Crippen LogP contribution is -2.35. The average Bonchev–Trinajstić information content (AvgIpc) is 2.45. The molecule has 1 aromatic carbocycles. The van der Waals surface area contributed by atoms with Gasteiger partial charge in [0.2, 0.25) is 0 Å². The molecule has 19 heavy (non-hydrogen) atoms. The Labute approximate surface area is 127 Å². The minimum absolute atomic E-state index is 0.00716. The van der Waals surface area contributed by atoms with Crippen molar-refractivity contribution in [2.24, 2.45) is 11.8 Å². The maximum atomic E-state index is 12.1. The summed E-state index contributed by atoms with van der Waals surface area (Å²) in [5.41, 5.74) is 0.736. The predicted molar refractivity (Wildman–Crippen MR) is 84.0 cm³/mol. The molecule has 0 aliphatic heterocycles. The lowest BCUT2D eigenvalue weighted by molar-refractivity contribution is 0.0908. The van der Waals surface area contributed by atoms with E-state index in [0.717, 1.165) is 22.0 Å². The summed E-state index contributed by atoms with van der Waals surface area (Å²) in [6.45, 7) is 0.915. The molecule has 1 saturated carbocycles. The van der Waals surface area contributed by atoms with Gasteiger partial charge in [0, 0.05) is 16.7 Å². The summed E-state index contributed by atoms with van der Waals surface area (Å²) in [7, 11) is 0. The molecule has 3 nitrogen and oxygen atoms in total. The van der Waals surface area contributed by atoms with Crippen LogP contribution in [0.1, 0.15) is 36.0 Å². The van der Waals surface area contributed by atoms with E-state index in [0.29, 0.717) is 18.4 Å². The molecule has 0 radical (unpaired) electrons. The van der Waals surface area contributed by atoms with Crippen molar-refractivity contribution >= 4 is 28.5 Å². The molecule has 1 amide bonds. The number of benzene rings is 1. The van der Waals surface area contributed by atoms with E-state index in [1.54, 1.807) is 0 Å². The fraction of sp³-hybridized carbons (Fsp3) is 0.533. The first-order valence-electron chi connectivity index (χ1n) is 6.86. The molecule has 1 aliphatic rings. The SMILES string of the molecule is O=C(NCC1CCCCC1CO)c1ccccc1I. The monoisotopic (exact) mass is 373 g/mol. The first kappa shape index (κ1) is 14.8. The molecule has 2 unspecified atom stereocenters. The average molecular weight is 373 g/mol. The standard InChI is InChI=1S/C15H20INO2/c16-14-8-4-3-7-13(14)15(19)17-9-11-5-1-2-6-12(11)10-18/h3-4,7-8,11-12,18H,1-2,5-6,9-10H2,(H,17,19). The molecule has 0 saturated heterocycles. The highest BCUT2D eigenvalue weighted by molar-refractivity contribution is 14.1. The van der Waals surface area contributed by atoms with E-state index >= 15 is 0 Å². The third kappa shape index (κ3) is 3.92. The molecule has 1 aliphatic carbocycles. The number of nitrogens with one attached hydrogen (secondary N) is 1. The van der Waals surface area contributed by atoms with E-state index in [4.69, 9.17) is 0 Å². The number of amides is 1. The van der Waals surface area contributed by atoms with Crippen LogP contribution in [-0.2, 0) is 0 Å². The minimum Gasteiger partial charge on any atom is -0.396 e. The van der Waals surface area contributed by atoms with Crippen LogP contribution in [0.3, 0.4) is 0 Å². The van der Waals surface area contributed by atoms with Gasteiger partial charge in [0.15, 0.2) is 0 Å². The van der Waals surface area contributed by atoms with Gasteiger partial charge in [-0.15, -0.1) is 0 Å². The Hall–Kier alpha value is -0.620. The smallest absolute Gasteiger partial charge is 0.252 e. The Morgan fingerprint density at radius 1 is 1.26 bits per heavy atom. The van der Waals surface area contributed by atoms with Crippen LogP contribution in [0, 0.1) is 15.4 Å². The van der Waals surface area contributed by atoms with Gasteiger partial charge in [-0.05, 0) is 59.4 Å². The number of hydrogen-bond acceptors (Lipinski definition) is 2. The summed E-state index contributed by atoms with van der Waals surface area (Å²) in [4.78, 5) is 12.1. The fourth-order valence-corrected chi connectivity index (χ4v) is 3.39. The predicted octanol–water partition coefficient (Wildman–Crippen LogP) is 2.82. The van der Waals surface area contributed by atoms with E-state index in [2.05, 4.69) is 27.9 Å². The van der Waals surface area contributed by atoms with Gasteiger partial charge in [-0.3, -0.25) is 4.79 Å². The van der Waals surface area contributed by atoms with Crippen LogP contribution in [0.2, 0.25) is 0 Å². The first-order valence-corrected chi connectivity index (χ1v) is 7.94. The van der Waals surface area contributed by atoms with Gasteiger partial charge in [0.05, 0.1) is 5.56 Å². The normalized spacial score (nSPS) is 23.1. The van der Waals surface area contributed by atoms with Crippen molar-refractivity contribution in [3.05, 3.63) is 33.4 Å². The highest BCUT2D eigenvalue weighted by Crippen LogP contribution is 2.29. The highest BCUT2D eigenvalue weighted by Gasteiger charge is 2.24. The molecular weight excluding hydrogens is 353 g/mol. The zero-order chi connectivity index (χ0) is 13.7. The van der Waals surface area contributed by atoms with Crippen LogP contribution in [0.25, 0.3) is 0 Å². The molecule has 0 aromatic heterocycles. The molecule has 2 N–H and O–H groups in total. The number of halogens is 1. The van der Waals surface area contributed by atoms with Crippen LogP contribution < -0.4 is 5.32 Å². The second-order valence-corrected chi connectivity index (χ2v) is 6.34. The first-order chi connectivity index (χ1) is 9.22. The van der Waals surface area contributed by atoms with Crippen molar-refractivity contribution in [2.75, 3.05) is 13.2 Å². The summed E-state index contributed by atoms with van der Waals surface area (Å²) in [6, 6.07) is 7.60. The van der Waals surface area contributed by atoms with Crippen molar-refractivity contribution in [2.45, 2.75) is 25.7 Å². The molecule has 1 fully saturated rings. The number of aliphatic hydroxyl groups excluding tert-OH is 1. The Bertz CT molecular complexity index is 436. The van der Waals surface area contributed by atoms with E-state index in [1.807, 2.05) is 24.3 Å². The number of rotatable bonds is 4. The summed E-state index contributed by atoms with van der Waals surface area (Å²) in [6.07, 6.45) is 4.60. The van der Waals surface area contributed by atoms with Crippen LogP contribution in [0.15, 0.2) is 24.3 Å². The zero-order valence-electron chi connectivity index (χ0n) is 10.9. The Morgan fingerprint density at radius 2 is 1.95 bits per heavy atom. The maximum Gasteiger partial charge on any atom is 0.252 e. The van der Waals surface area contributed by atoms with Crippen molar-refractivity contribution < 1.29 is 9.90 Å². The van der Waals surface area contributed by atoms with Gasteiger partial charge in [-0.25, -0.2) is 0 Å². The summed E-state index contributed by atoms with van der Waals surface area (Å²) in [5.74, 6) is 0.764. The molecule has 0 heterocycles. The highest BCUT2D eigenvalue weighted by atomic mass is 127. The van der Waals surface area contributed by atoms with Gasteiger partial charge in [-0.2, -0.15) is 0 Å². The topological polar surface area (TPSA) is 49.3 Å². The van der Waals surface area contributed by atoms with Gasteiger partial charge in [0.25, 0.3) is 5.91 Å². The van der Waals surface area contributed by atoms with Gasteiger partial charge >= 0.3 is 0 Å². The number of hydrogen-bond donors (Lipinski definition) is 2. The molecule has 104 valence electrons. The third-order valence-corrected chi connectivity index (χ3v) is 4.88. The zero-order valence-corrected chi connectivity index (χ0v) is 13.1. The largest absolute Gasteiger partial charge is 0.396 e. The van der Waals surface area contributed by atoms with Crippen LogP contribution in [-0.4, -0.2) is 24.2 Å².